The van der Waals surface area contributed by atoms with Crippen molar-refractivity contribution in [3.63, 3.8) is 0 Å². The molecule has 0 N–H and O–H groups in total. The van der Waals surface area contributed by atoms with E-state index in [2.05, 4.69) is 28.5 Å². The number of anilines is 1. The molecular weight excluding hydrogens is 402 g/mol. The van der Waals surface area contributed by atoms with Gasteiger partial charge in [0.15, 0.2) is 0 Å². The van der Waals surface area contributed by atoms with Crippen molar-refractivity contribution in [3.8, 4) is 5.75 Å². The Balaban J connectivity index is 1.31. The second kappa shape index (κ2) is 10.7. The van der Waals surface area contributed by atoms with E-state index in [9.17, 15) is 4.79 Å². The van der Waals surface area contributed by atoms with Crippen LogP contribution in [0.15, 0.2) is 55.1 Å². The predicted molar refractivity (Wildman–Crippen MR) is 128 cm³/mol. The number of carbonyl (C=O) groups excluding carboxylic acids is 1. The minimum Gasteiger partial charge on any atom is -0.497 e. The topological polar surface area (TPSA) is 45.2 Å². The molecule has 2 aliphatic heterocycles. The first-order chi connectivity index (χ1) is 15.7. The molecule has 2 aromatic rings. The number of nitrogens with zero attached hydrogens (tertiary/aromatic N) is 3. The molecule has 0 spiro atoms. The third-order valence-electron chi connectivity index (χ3n) is 6.36. The fourth-order valence-electron chi connectivity index (χ4n) is 4.40. The summed E-state index contributed by atoms with van der Waals surface area (Å²) in [7, 11) is 1.69. The lowest BCUT2D eigenvalue weighted by Gasteiger charge is -2.37. The summed E-state index contributed by atoms with van der Waals surface area (Å²) in [6, 6.07) is 14.3. The molecule has 6 heteroatoms. The van der Waals surface area contributed by atoms with E-state index in [-0.39, 0.29) is 5.91 Å². The largest absolute Gasteiger partial charge is 0.497 e. The first kappa shape index (κ1) is 22.4. The average Bonchev–Trinajstić information content (AvgIpc) is 2.86. The van der Waals surface area contributed by atoms with Gasteiger partial charge in [-0.3, -0.25) is 9.69 Å². The normalized spacial score (nSPS) is 16.3. The number of amides is 1. The number of ether oxygens (including phenoxy) is 2. The SMILES string of the molecule is C=CCN(CCN1CCN(c2ccc(OC)cc2)CC1)C(=O)c1ccc2c(c1)CCOC2. The van der Waals surface area contributed by atoms with Crippen LogP contribution >= 0.6 is 0 Å². The molecule has 0 saturated carbocycles. The summed E-state index contributed by atoms with van der Waals surface area (Å²) in [5.41, 5.74) is 4.41. The number of fused-ring (bicyclic) bond motifs is 1. The molecule has 2 aromatic carbocycles. The van der Waals surface area contributed by atoms with Crippen molar-refractivity contribution < 1.29 is 14.3 Å². The molecule has 2 heterocycles. The van der Waals surface area contributed by atoms with Crippen molar-refractivity contribution in [3.05, 3.63) is 71.8 Å². The second-order valence-electron chi connectivity index (χ2n) is 8.35. The minimum absolute atomic E-state index is 0.0797. The Hall–Kier alpha value is -2.83. The van der Waals surface area contributed by atoms with E-state index in [1.807, 2.05) is 41.3 Å². The van der Waals surface area contributed by atoms with Crippen molar-refractivity contribution in [2.24, 2.45) is 0 Å². The van der Waals surface area contributed by atoms with Crippen LogP contribution in [0.25, 0.3) is 0 Å². The molecule has 2 aliphatic rings. The maximum atomic E-state index is 13.2. The molecule has 32 heavy (non-hydrogen) atoms. The van der Waals surface area contributed by atoms with Crippen LogP contribution in [0.2, 0.25) is 0 Å². The van der Waals surface area contributed by atoms with E-state index in [4.69, 9.17) is 9.47 Å². The Morgan fingerprint density at radius 3 is 2.62 bits per heavy atom. The molecule has 0 aliphatic carbocycles. The zero-order valence-corrected chi connectivity index (χ0v) is 19.0. The van der Waals surface area contributed by atoms with Gasteiger partial charge in [-0.05, 0) is 53.9 Å². The van der Waals surface area contributed by atoms with Crippen LogP contribution in [0.1, 0.15) is 21.5 Å². The summed E-state index contributed by atoms with van der Waals surface area (Å²) in [5, 5.41) is 0. The monoisotopic (exact) mass is 435 g/mol. The number of benzene rings is 2. The summed E-state index contributed by atoms with van der Waals surface area (Å²) in [5.74, 6) is 0.961. The van der Waals surface area contributed by atoms with Gasteiger partial charge in [0.2, 0.25) is 0 Å². The van der Waals surface area contributed by atoms with Crippen molar-refractivity contribution in [2.45, 2.75) is 13.0 Å². The smallest absolute Gasteiger partial charge is 0.254 e. The zero-order chi connectivity index (χ0) is 22.3. The zero-order valence-electron chi connectivity index (χ0n) is 19.0. The Bertz CT molecular complexity index is 920. The molecule has 0 atom stereocenters. The molecule has 1 amide bonds. The third kappa shape index (κ3) is 5.31. The Labute approximate surface area is 191 Å². The minimum atomic E-state index is 0.0797. The number of rotatable bonds is 8. The van der Waals surface area contributed by atoms with Crippen molar-refractivity contribution in [1.82, 2.24) is 9.80 Å². The van der Waals surface area contributed by atoms with Crippen LogP contribution in [-0.2, 0) is 17.8 Å². The highest BCUT2D eigenvalue weighted by Gasteiger charge is 2.21. The van der Waals surface area contributed by atoms with Gasteiger partial charge in [-0.25, -0.2) is 0 Å². The van der Waals surface area contributed by atoms with Gasteiger partial charge in [-0.2, -0.15) is 0 Å². The molecule has 1 fully saturated rings. The molecule has 0 aromatic heterocycles. The predicted octanol–water partition coefficient (Wildman–Crippen LogP) is 3.22. The highest BCUT2D eigenvalue weighted by atomic mass is 16.5. The highest BCUT2D eigenvalue weighted by Crippen LogP contribution is 2.21. The first-order valence-electron chi connectivity index (χ1n) is 11.4. The lowest BCUT2D eigenvalue weighted by Crippen LogP contribution is -2.49. The van der Waals surface area contributed by atoms with Crippen molar-refractivity contribution in [2.75, 3.05) is 64.4 Å². The van der Waals surface area contributed by atoms with Crippen LogP contribution in [0.4, 0.5) is 5.69 Å². The maximum absolute atomic E-state index is 13.2. The molecule has 6 nitrogen and oxygen atoms in total. The summed E-state index contributed by atoms with van der Waals surface area (Å²) in [6.45, 7) is 11.3. The average molecular weight is 436 g/mol. The standard InChI is InChI=1S/C26H33N3O3/c1-3-11-29(26(30)22-4-5-23-20-32-18-10-21(23)19-22)17-14-27-12-15-28(16-13-27)24-6-8-25(31-2)9-7-24/h3-9,19H,1,10-18,20H2,2H3. The number of carbonyl (C=O) groups is 1. The van der Waals surface area contributed by atoms with Crippen molar-refractivity contribution >= 4 is 11.6 Å². The van der Waals surface area contributed by atoms with E-state index >= 15 is 0 Å². The number of methoxy groups -OCH3 is 1. The van der Waals surface area contributed by atoms with Gasteiger partial charge in [0.05, 0.1) is 20.3 Å². The fourth-order valence-corrected chi connectivity index (χ4v) is 4.40. The molecule has 170 valence electrons. The molecule has 0 radical (unpaired) electrons. The van der Waals surface area contributed by atoms with Gasteiger partial charge in [0, 0.05) is 57.1 Å². The second-order valence-corrected chi connectivity index (χ2v) is 8.35. The van der Waals surface area contributed by atoms with Crippen LogP contribution < -0.4 is 9.64 Å². The fraction of sp³-hybridized carbons (Fsp3) is 0.423. The maximum Gasteiger partial charge on any atom is 0.254 e. The molecular formula is C26H33N3O3. The van der Waals surface area contributed by atoms with Gasteiger partial charge >= 0.3 is 0 Å². The Morgan fingerprint density at radius 2 is 1.91 bits per heavy atom. The Morgan fingerprint density at radius 1 is 1.12 bits per heavy atom. The molecule has 0 unspecified atom stereocenters. The van der Waals surface area contributed by atoms with Gasteiger partial charge < -0.3 is 19.3 Å². The number of piperazine rings is 1. The van der Waals surface area contributed by atoms with Crippen LogP contribution in [0.5, 0.6) is 5.75 Å². The van der Waals surface area contributed by atoms with Crippen LogP contribution in [-0.4, -0.2) is 75.2 Å². The van der Waals surface area contributed by atoms with E-state index in [1.54, 1.807) is 7.11 Å². The van der Waals surface area contributed by atoms with Gasteiger partial charge in [-0.1, -0.05) is 12.1 Å². The lowest BCUT2D eigenvalue weighted by atomic mass is 10.00. The van der Waals surface area contributed by atoms with Crippen molar-refractivity contribution in [1.29, 1.82) is 0 Å². The first-order valence-corrected chi connectivity index (χ1v) is 11.4. The summed E-state index contributed by atoms with van der Waals surface area (Å²) in [4.78, 5) is 19.9. The Kier molecular flexibility index (Phi) is 7.45. The quantitative estimate of drug-likeness (QED) is 0.596. The van der Waals surface area contributed by atoms with E-state index in [0.29, 0.717) is 19.7 Å². The van der Waals surface area contributed by atoms with E-state index in [1.165, 1.54) is 16.8 Å². The summed E-state index contributed by atoms with van der Waals surface area (Å²) < 4.78 is 10.8. The summed E-state index contributed by atoms with van der Waals surface area (Å²) >= 11 is 0. The van der Waals surface area contributed by atoms with E-state index < -0.39 is 0 Å². The molecule has 1 saturated heterocycles. The van der Waals surface area contributed by atoms with Gasteiger partial charge in [0.25, 0.3) is 5.91 Å². The molecule has 0 bridgehead atoms. The number of hydrogen-bond donors (Lipinski definition) is 0. The number of hydrogen-bond acceptors (Lipinski definition) is 5. The third-order valence-corrected chi connectivity index (χ3v) is 6.36. The summed E-state index contributed by atoms with van der Waals surface area (Å²) in [6.07, 6.45) is 2.68. The van der Waals surface area contributed by atoms with E-state index in [0.717, 1.165) is 57.1 Å². The molecule has 4 rings (SSSR count). The van der Waals surface area contributed by atoms with Gasteiger partial charge in [-0.15, -0.1) is 6.58 Å². The lowest BCUT2D eigenvalue weighted by molar-refractivity contribution is 0.0752. The van der Waals surface area contributed by atoms with Crippen LogP contribution in [0, 0.1) is 0 Å². The van der Waals surface area contributed by atoms with Crippen LogP contribution in [0.3, 0.4) is 0 Å². The highest BCUT2D eigenvalue weighted by molar-refractivity contribution is 5.94. The van der Waals surface area contributed by atoms with Gasteiger partial charge in [0.1, 0.15) is 5.75 Å².